The van der Waals surface area contributed by atoms with Gasteiger partial charge in [-0.15, -0.1) is 0 Å². The Morgan fingerprint density at radius 2 is 2.04 bits per heavy atom. The van der Waals surface area contributed by atoms with E-state index < -0.39 is 0 Å². The van der Waals surface area contributed by atoms with Gasteiger partial charge in [0, 0.05) is 31.0 Å². The van der Waals surface area contributed by atoms with Gasteiger partial charge in [0.2, 0.25) is 5.95 Å². The Kier molecular flexibility index (Phi) is 4.73. The number of hydrogen-bond acceptors (Lipinski definition) is 6. The number of aromatic nitrogens is 2. The van der Waals surface area contributed by atoms with Crippen LogP contribution in [0.2, 0.25) is 0 Å². The molecular weight excluding hydrogens is 342 g/mol. The third-order valence-corrected chi connectivity index (χ3v) is 5.31. The number of benzene rings is 1. The molecule has 0 unspecified atom stereocenters. The van der Waals surface area contributed by atoms with E-state index in [0.717, 1.165) is 19.3 Å². The van der Waals surface area contributed by atoms with E-state index >= 15 is 0 Å². The summed E-state index contributed by atoms with van der Waals surface area (Å²) in [6, 6.07) is 10.9. The zero-order valence-electron chi connectivity index (χ0n) is 15.0. The summed E-state index contributed by atoms with van der Waals surface area (Å²) in [5, 5.41) is 12.3. The van der Waals surface area contributed by atoms with E-state index in [1.807, 2.05) is 4.90 Å². The monoisotopic (exact) mass is 363 g/mol. The lowest BCUT2D eigenvalue weighted by atomic mass is 9.87. The third kappa shape index (κ3) is 3.76. The quantitative estimate of drug-likeness (QED) is 0.899. The molecule has 2 aliphatic rings. The first-order chi connectivity index (χ1) is 13.2. The van der Waals surface area contributed by atoms with Crippen molar-refractivity contribution >= 4 is 11.9 Å². The number of anilines is 1. The van der Waals surface area contributed by atoms with Crippen LogP contribution in [0.25, 0.3) is 0 Å². The minimum atomic E-state index is -0.183. The van der Waals surface area contributed by atoms with Crippen molar-refractivity contribution in [2.24, 2.45) is 0 Å². The second-order valence-electron chi connectivity index (χ2n) is 7.10. The molecule has 3 heterocycles. The van der Waals surface area contributed by atoms with E-state index in [-0.39, 0.29) is 17.6 Å². The number of rotatable bonds is 3. The lowest BCUT2D eigenvalue weighted by molar-refractivity contribution is -0.0388. The second-order valence-corrected chi connectivity index (χ2v) is 7.10. The van der Waals surface area contributed by atoms with Crippen LogP contribution in [0.5, 0.6) is 0 Å². The first-order valence-corrected chi connectivity index (χ1v) is 9.14. The van der Waals surface area contributed by atoms with Gasteiger partial charge < -0.3 is 15.0 Å². The van der Waals surface area contributed by atoms with Gasteiger partial charge in [0.15, 0.2) is 0 Å². The lowest BCUT2D eigenvalue weighted by Crippen LogP contribution is -2.46. The lowest BCUT2D eigenvalue weighted by Gasteiger charge is -2.38. The molecule has 1 aromatic carbocycles. The summed E-state index contributed by atoms with van der Waals surface area (Å²) in [6.45, 7) is 1.94. The molecular formula is C20H21N5O2. The Morgan fingerprint density at radius 1 is 1.26 bits per heavy atom. The predicted molar refractivity (Wildman–Crippen MR) is 99.0 cm³/mol. The van der Waals surface area contributed by atoms with Crippen molar-refractivity contribution in [3.63, 3.8) is 0 Å². The van der Waals surface area contributed by atoms with E-state index in [1.165, 1.54) is 0 Å². The van der Waals surface area contributed by atoms with Gasteiger partial charge in [0.25, 0.3) is 5.91 Å². The second kappa shape index (κ2) is 7.33. The van der Waals surface area contributed by atoms with E-state index in [2.05, 4.69) is 21.4 Å². The average molecular weight is 363 g/mol. The molecule has 1 atom stereocenters. The van der Waals surface area contributed by atoms with Crippen LogP contribution in [0.1, 0.15) is 35.2 Å². The number of piperidine rings is 1. The summed E-state index contributed by atoms with van der Waals surface area (Å²) in [7, 11) is 0. The first kappa shape index (κ1) is 17.4. The van der Waals surface area contributed by atoms with Gasteiger partial charge >= 0.3 is 0 Å². The number of nitriles is 1. The van der Waals surface area contributed by atoms with Crippen LogP contribution in [-0.2, 0) is 4.74 Å². The molecule has 2 saturated heterocycles. The van der Waals surface area contributed by atoms with Crippen molar-refractivity contribution in [2.75, 3.05) is 25.0 Å². The minimum absolute atomic E-state index is 0.0210. The summed E-state index contributed by atoms with van der Waals surface area (Å²) in [5.41, 5.74) is 0.890. The standard InChI is InChI=1S/C20H21N5O2/c21-13-15-3-1-4-16(11-15)18(26)25-9-5-20(6-10-25)12-17(14-27-20)24-19-22-7-2-8-23-19/h1-4,7-8,11,17H,5-6,9-10,12,14H2,(H,22,23,24)/t17-/m0/s1. The van der Waals surface area contributed by atoms with E-state index in [0.29, 0.717) is 36.8 Å². The average Bonchev–Trinajstić information content (AvgIpc) is 3.11. The molecule has 0 bridgehead atoms. The number of likely N-dealkylation sites (tertiary alicyclic amines) is 1. The molecule has 2 fully saturated rings. The van der Waals surface area contributed by atoms with Gasteiger partial charge in [-0.25, -0.2) is 9.97 Å². The summed E-state index contributed by atoms with van der Waals surface area (Å²) in [6.07, 6.45) is 5.94. The van der Waals surface area contributed by atoms with Crippen LogP contribution in [0.15, 0.2) is 42.7 Å². The molecule has 2 aromatic rings. The summed E-state index contributed by atoms with van der Waals surface area (Å²) >= 11 is 0. The minimum Gasteiger partial charge on any atom is -0.373 e. The largest absolute Gasteiger partial charge is 0.373 e. The van der Waals surface area contributed by atoms with Crippen molar-refractivity contribution in [1.82, 2.24) is 14.9 Å². The number of ether oxygens (including phenoxy) is 1. The highest BCUT2D eigenvalue weighted by molar-refractivity contribution is 5.94. The maximum absolute atomic E-state index is 12.7. The number of nitrogens with zero attached hydrogens (tertiary/aromatic N) is 4. The normalized spacial score (nSPS) is 21.0. The van der Waals surface area contributed by atoms with E-state index in [1.54, 1.807) is 42.7 Å². The van der Waals surface area contributed by atoms with Crippen LogP contribution in [0.3, 0.4) is 0 Å². The van der Waals surface area contributed by atoms with Crippen LogP contribution >= 0.6 is 0 Å². The maximum atomic E-state index is 12.7. The fourth-order valence-electron chi connectivity index (χ4n) is 3.86. The molecule has 1 N–H and O–H groups in total. The van der Waals surface area contributed by atoms with Crippen molar-refractivity contribution in [3.8, 4) is 6.07 Å². The molecule has 4 rings (SSSR count). The summed E-state index contributed by atoms with van der Waals surface area (Å²) in [5.74, 6) is 0.598. The van der Waals surface area contributed by atoms with E-state index in [9.17, 15) is 4.79 Å². The summed E-state index contributed by atoms with van der Waals surface area (Å²) < 4.78 is 6.14. The number of nitrogens with one attached hydrogen (secondary N) is 1. The Morgan fingerprint density at radius 3 is 2.78 bits per heavy atom. The van der Waals surface area contributed by atoms with Gasteiger partial charge in [-0.3, -0.25) is 4.79 Å². The van der Waals surface area contributed by atoms with Crippen molar-refractivity contribution in [2.45, 2.75) is 30.9 Å². The Balaban J connectivity index is 1.35. The first-order valence-electron chi connectivity index (χ1n) is 9.14. The van der Waals surface area contributed by atoms with Crippen molar-refractivity contribution < 1.29 is 9.53 Å². The summed E-state index contributed by atoms with van der Waals surface area (Å²) in [4.78, 5) is 23.0. The topological polar surface area (TPSA) is 91.1 Å². The van der Waals surface area contributed by atoms with Crippen molar-refractivity contribution in [3.05, 3.63) is 53.9 Å². The smallest absolute Gasteiger partial charge is 0.253 e. The van der Waals surface area contributed by atoms with Crippen LogP contribution in [-0.4, -0.2) is 52.1 Å². The molecule has 138 valence electrons. The molecule has 0 aliphatic carbocycles. The molecule has 1 spiro atoms. The van der Waals surface area contributed by atoms with Crippen molar-refractivity contribution in [1.29, 1.82) is 5.26 Å². The Labute approximate surface area is 158 Å². The predicted octanol–water partition coefficient (Wildman–Crippen LogP) is 2.22. The Bertz CT molecular complexity index is 856. The molecule has 27 heavy (non-hydrogen) atoms. The van der Waals surface area contributed by atoms with Crippen LogP contribution in [0, 0.1) is 11.3 Å². The third-order valence-electron chi connectivity index (χ3n) is 5.31. The number of amides is 1. The fourth-order valence-corrected chi connectivity index (χ4v) is 3.86. The van der Waals surface area contributed by atoms with E-state index in [4.69, 9.17) is 10.00 Å². The molecule has 7 heteroatoms. The zero-order chi connectivity index (χ0) is 18.7. The fraction of sp³-hybridized carbons (Fsp3) is 0.400. The highest BCUT2D eigenvalue weighted by Crippen LogP contribution is 2.37. The van der Waals surface area contributed by atoms with Gasteiger partial charge in [0.1, 0.15) is 0 Å². The molecule has 0 radical (unpaired) electrons. The van der Waals surface area contributed by atoms with Gasteiger partial charge in [-0.1, -0.05) is 6.07 Å². The highest BCUT2D eigenvalue weighted by atomic mass is 16.5. The molecule has 2 aliphatic heterocycles. The molecule has 1 aromatic heterocycles. The number of carbonyl (C=O) groups excluding carboxylic acids is 1. The highest BCUT2D eigenvalue weighted by Gasteiger charge is 2.43. The van der Waals surface area contributed by atoms with Gasteiger partial charge in [0.05, 0.1) is 29.9 Å². The Hall–Kier alpha value is -2.98. The van der Waals surface area contributed by atoms with Crippen LogP contribution in [0.4, 0.5) is 5.95 Å². The number of carbonyl (C=O) groups is 1. The maximum Gasteiger partial charge on any atom is 0.253 e. The SMILES string of the molecule is N#Cc1cccc(C(=O)N2CCC3(CC2)C[C@H](Nc2ncccn2)CO3)c1. The van der Waals surface area contributed by atoms with Crippen LogP contribution < -0.4 is 5.32 Å². The van der Waals surface area contributed by atoms with Gasteiger partial charge in [-0.05, 0) is 43.5 Å². The molecule has 7 nitrogen and oxygen atoms in total. The molecule has 1 amide bonds. The zero-order valence-corrected chi connectivity index (χ0v) is 15.0. The van der Waals surface area contributed by atoms with Gasteiger partial charge in [-0.2, -0.15) is 5.26 Å². The molecule has 0 saturated carbocycles. The number of hydrogen-bond donors (Lipinski definition) is 1.